The summed E-state index contributed by atoms with van der Waals surface area (Å²) in [5.74, 6) is 0. The van der Waals surface area contributed by atoms with E-state index in [1.807, 2.05) is 23.9 Å². The highest BCUT2D eigenvalue weighted by molar-refractivity contribution is 8.03. The van der Waals surface area contributed by atoms with Gasteiger partial charge in [-0.15, -0.1) is 11.8 Å². The molecule has 7 heterocycles. The molecule has 0 aromatic carbocycles. The number of aryl methyl sites for hydroxylation is 6. The van der Waals surface area contributed by atoms with Crippen molar-refractivity contribution in [1.29, 1.82) is 0 Å². The van der Waals surface area contributed by atoms with Crippen LogP contribution < -0.4 is 0 Å². The fraction of sp³-hybridized carbons (Fsp3) is 0.650. The molecule has 492 valence electrons. The van der Waals surface area contributed by atoms with Gasteiger partial charge in [-0.25, -0.2) is 0 Å². The maximum absolute atomic E-state index is 5.38. The van der Waals surface area contributed by atoms with Gasteiger partial charge in [0.2, 0.25) is 0 Å². The maximum Gasteiger partial charge on any atom is 0.121 e. The minimum absolute atomic E-state index is 0. The van der Waals surface area contributed by atoms with Gasteiger partial charge < -0.3 is 4.74 Å². The van der Waals surface area contributed by atoms with E-state index in [9.17, 15) is 0 Å². The van der Waals surface area contributed by atoms with E-state index in [4.69, 9.17) is 14.7 Å². The van der Waals surface area contributed by atoms with Crippen LogP contribution in [-0.2, 0) is 26.4 Å². The molecule has 4 aromatic rings. The van der Waals surface area contributed by atoms with Gasteiger partial charge in [0, 0.05) is 72.6 Å². The molecule has 1 saturated heterocycles. The van der Waals surface area contributed by atoms with Crippen LogP contribution in [0.25, 0.3) is 0 Å². The first-order chi connectivity index (χ1) is 38.8. The average molecular weight is 1220 g/mol. The summed E-state index contributed by atoms with van der Waals surface area (Å²) in [6.45, 7) is 84.0. The summed E-state index contributed by atoms with van der Waals surface area (Å²) >= 11 is 1.90. The quantitative estimate of drug-likeness (QED) is 0.174. The number of aromatic nitrogens is 4. The van der Waals surface area contributed by atoms with Crippen molar-refractivity contribution in [1.82, 2.24) is 24.8 Å². The third kappa shape index (κ3) is 25.8. The molecular weight excluding hydrogens is 1080 g/mol. The molecule has 1 fully saturated rings. The Morgan fingerprint density at radius 3 is 1.02 bits per heavy atom. The summed E-state index contributed by atoms with van der Waals surface area (Å²) in [6.07, 6.45) is 18.7. The zero-order chi connectivity index (χ0) is 67.2. The molecule has 3 aliphatic heterocycles. The molecule has 0 bridgehead atoms. The Balaban J connectivity index is 0.000000995. The van der Waals surface area contributed by atoms with Gasteiger partial charge in [0.1, 0.15) is 6.10 Å². The average Bonchev–Trinajstić information content (AvgIpc) is 2.01. The van der Waals surface area contributed by atoms with Crippen molar-refractivity contribution in [3.05, 3.63) is 160 Å². The van der Waals surface area contributed by atoms with Gasteiger partial charge in [-0.1, -0.05) is 163 Å². The largest absolute Gasteiger partial charge is 0.493 e. The van der Waals surface area contributed by atoms with Crippen LogP contribution in [0.5, 0.6) is 0 Å². The molecule has 0 saturated carbocycles. The third-order valence-corrected chi connectivity index (χ3v) is 18.8. The van der Waals surface area contributed by atoms with Crippen LogP contribution in [-0.4, -0.2) is 54.8 Å². The van der Waals surface area contributed by atoms with Crippen molar-refractivity contribution >= 4 is 11.8 Å². The van der Waals surface area contributed by atoms with Crippen LogP contribution in [0, 0.1) is 122 Å². The van der Waals surface area contributed by atoms with E-state index in [1.165, 1.54) is 116 Å². The van der Waals surface area contributed by atoms with E-state index in [1.54, 1.807) is 6.26 Å². The molecular formula is C80H135N5OS. The molecule has 2 unspecified atom stereocenters. The van der Waals surface area contributed by atoms with Crippen molar-refractivity contribution in [2.24, 2.45) is 10.8 Å². The van der Waals surface area contributed by atoms with E-state index in [0.29, 0.717) is 16.2 Å². The number of ether oxygens (including phenoxy) is 1. The lowest BCUT2D eigenvalue weighted by atomic mass is 9.80. The second kappa shape index (κ2) is 33.7. The Morgan fingerprint density at radius 1 is 0.368 bits per heavy atom. The van der Waals surface area contributed by atoms with Crippen LogP contribution in [0.3, 0.4) is 0 Å². The summed E-state index contributed by atoms with van der Waals surface area (Å²) in [5.41, 5.74) is 27.6. The Labute approximate surface area is 544 Å². The molecule has 2 atom stereocenters. The first kappa shape index (κ1) is 82.7. The first-order valence-corrected chi connectivity index (χ1v) is 33.3. The molecule has 6 nitrogen and oxygen atoms in total. The molecule has 87 heavy (non-hydrogen) atoms. The molecule has 4 aromatic heterocycles. The number of allylic oxidation sites excluding steroid dienone is 4. The number of pyridine rings is 4. The van der Waals surface area contributed by atoms with Crippen LogP contribution in [0.1, 0.15) is 284 Å². The Morgan fingerprint density at radius 2 is 0.736 bits per heavy atom. The highest BCUT2D eigenvalue weighted by Crippen LogP contribution is 2.35. The van der Waals surface area contributed by atoms with E-state index in [2.05, 4.69) is 301 Å². The van der Waals surface area contributed by atoms with Gasteiger partial charge in [0.25, 0.3) is 0 Å². The minimum Gasteiger partial charge on any atom is -0.493 e. The number of thioether (sulfide) groups is 1. The number of nitrogens with zero attached hydrogens (tertiary/aromatic N) is 5. The smallest absolute Gasteiger partial charge is 0.121 e. The summed E-state index contributed by atoms with van der Waals surface area (Å²) < 4.78 is 5.38. The second-order valence-corrected chi connectivity index (χ2v) is 33.2. The normalized spacial score (nSPS) is 16.1. The summed E-state index contributed by atoms with van der Waals surface area (Å²) in [4.78, 5) is 21.1. The lowest BCUT2D eigenvalue weighted by Crippen LogP contribution is -2.44. The van der Waals surface area contributed by atoms with Crippen LogP contribution in [0.15, 0.2) is 48.1 Å². The van der Waals surface area contributed by atoms with Gasteiger partial charge in [0.05, 0.1) is 6.26 Å². The molecule has 7 rings (SSSR count). The second-order valence-electron chi connectivity index (χ2n) is 32.1. The van der Waals surface area contributed by atoms with Gasteiger partial charge in [0.15, 0.2) is 0 Å². The fourth-order valence-electron chi connectivity index (χ4n) is 11.3. The van der Waals surface area contributed by atoms with Crippen LogP contribution in [0.2, 0.25) is 0 Å². The zero-order valence-corrected chi connectivity index (χ0v) is 63.7. The maximum atomic E-state index is 5.38. The lowest BCUT2D eigenvalue weighted by molar-refractivity contribution is 0.0823. The van der Waals surface area contributed by atoms with Crippen LogP contribution >= 0.6 is 11.8 Å². The summed E-state index contributed by atoms with van der Waals surface area (Å²) in [5, 5.41) is 2.81. The van der Waals surface area contributed by atoms with E-state index < -0.39 is 0 Å². The zero-order valence-electron chi connectivity index (χ0n) is 62.9. The molecule has 0 spiro atoms. The van der Waals surface area contributed by atoms with Crippen molar-refractivity contribution < 1.29 is 4.74 Å². The highest BCUT2D eigenvalue weighted by Gasteiger charge is 2.27. The molecule has 0 radical (unpaired) electrons. The van der Waals surface area contributed by atoms with Gasteiger partial charge >= 0.3 is 0 Å². The van der Waals surface area contributed by atoms with E-state index in [0.717, 1.165) is 28.5 Å². The molecule has 0 aliphatic carbocycles. The highest BCUT2D eigenvalue weighted by atomic mass is 32.2. The minimum atomic E-state index is 0. The molecule has 3 aliphatic rings. The number of hydrogen-bond acceptors (Lipinski definition) is 7. The Kier molecular flexibility index (Phi) is 32.0. The molecule has 0 amide bonds. The predicted molar refractivity (Wildman–Crippen MR) is 391 cm³/mol. The fourth-order valence-corrected chi connectivity index (χ4v) is 12.3. The number of rotatable bonds is 0. The third-order valence-electron chi connectivity index (χ3n) is 17.3. The number of hydrogen-bond donors (Lipinski definition) is 0. The van der Waals surface area contributed by atoms with Crippen molar-refractivity contribution in [3.63, 3.8) is 0 Å². The summed E-state index contributed by atoms with van der Waals surface area (Å²) in [6, 6.07) is 0. The number of piperidine rings is 1. The van der Waals surface area contributed by atoms with Gasteiger partial charge in [-0.05, 0) is 258 Å². The molecule has 0 N–H and O–H groups in total. The topological polar surface area (TPSA) is 64.0 Å². The first-order valence-electron chi connectivity index (χ1n) is 32.3. The number of likely N-dealkylation sites (tertiary alicyclic amines) is 1. The summed E-state index contributed by atoms with van der Waals surface area (Å²) in [7, 11) is 0. The standard InChI is InChI=1S/4C13H21N.C9H19N.C9H14O.C9H14S.CH4/c1-8-10(3)14-11(4)9(2)12(8)13(5,6)7;1-8-9(2)12(13(5,6)7)11(4)14-10(8)3;2*1-8-9(2)11(4)14-12(10(8)3)13(5,6)7;1-9(2,3)10-7-5-4-6-8-10;2*1-9(2,3)8-6-4-5-7-10-8;/h4*1-7H3;4-8H2,1-3H3;2*4-8H,1-3H3;1H4. The van der Waals surface area contributed by atoms with Gasteiger partial charge in [-0.2, -0.15) is 0 Å². The monoisotopic (exact) mass is 1210 g/mol. The predicted octanol–water partition coefficient (Wildman–Crippen LogP) is 23.1. The Hall–Kier alpha value is -4.33. The van der Waals surface area contributed by atoms with E-state index in [-0.39, 0.29) is 40.6 Å². The Bertz CT molecular complexity index is 2810. The lowest BCUT2D eigenvalue weighted by Gasteiger charge is -2.38. The SMILES string of the molecule is C.CC(C)(C)C1C=CC=CO1.CC(C)(C)C1C=CC=CS1.CC(C)(C)N1CCCCC1.Cc1nc(C(C)(C)C)c(C)c(C)c1C.Cc1nc(C(C)(C)C)c(C)c(C)c1C.Cc1nc(C)c(C(C)(C)C)c(C)c1C.Cc1nc(C)c(C)c(C(C)(C)C)c1C. The van der Waals surface area contributed by atoms with Crippen molar-refractivity contribution in [2.75, 3.05) is 13.1 Å². The molecule has 7 heteroatoms. The van der Waals surface area contributed by atoms with Crippen molar-refractivity contribution in [2.45, 2.75) is 321 Å². The van der Waals surface area contributed by atoms with Crippen LogP contribution in [0.4, 0.5) is 0 Å². The van der Waals surface area contributed by atoms with Gasteiger partial charge in [-0.3, -0.25) is 24.8 Å². The van der Waals surface area contributed by atoms with E-state index >= 15 is 0 Å². The van der Waals surface area contributed by atoms with Crippen molar-refractivity contribution in [3.8, 4) is 0 Å².